The molecule has 3 rings (SSSR count). The summed E-state index contributed by atoms with van der Waals surface area (Å²) in [7, 11) is 0. The lowest BCUT2D eigenvalue weighted by molar-refractivity contribution is -0.116. The van der Waals surface area contributed by atoms with E-state index in [1.807, 2.05) is 48.5 Å². The Kier molecular flexibility index (Phi) is 7.04. The molecule has 8 heteroatoms. The molecule has 1 heterocycles. The predicted octanol–water partition coefficient (Wildman–Crippen LogP) is 5.25. The van der Waals surface area contributed by atoms with Crippen LogP contribution in [0.15, 0.2) is 67.7 Å². The van der Waals surface area contributed by atoms with E-state index in [1.165, 1.54) is 23.1 Å². The molecule has 0 spiro atoms. The molecule has 5 nitrogen and oxygen atoms in total. The van der Waals surface area contributed by atoms with Crippen LogP contribution >= 0.6 is 39.0 Å². The minimum atomic E-state index is -0.0341. The summed E-state index contributed by atoms with van der Waals surface area (Å²) >= 11 is 6.37. The number of hydrogen-bond acceptors (Lipinski definition) is 6. The van der Waals surface area contributed by atoms with Crippen LogP contribution < -0.4 is 10.1 Å². The van der Waals surface area contributed by atoms with Gasteiger partial charge in [-0.15, -0.1) is 10.2 Å². The first-order valence-corrected chi connectivity index (χ1v) is 10.4. The number of benzene rings is 2. The first kappa shape index (κ1) is 18.9. The Hall–Kier alpha value is -1.90. The number of nitrogens with one attached hydrogen (secondary N) is 1. The molecule has 0 bridgehead atoms. The number of nitrogens with zero attached hydrogens (tertiary/aromatic N) is 2. The number of carbonyl (C=O) groups is 1. The summed E-state index contributed by atoms with van der Waals surface area (Å²) < 4.78 is 7.46. The second kappa shape index (κ2) is 9.70. The molecule has 0 saturated heterocycles. The molecule has 3 aromatic rings. The van der Waals surface area contributed by atoms with Gasteiger partial charge in [-0.05, 0) is 36.8 Å². The van der Waals surface area contributed by atoms with Gasteiger partial charge in [0.25, 0.3) is 0 Å². The maximum absolute atomic E-state index is 12.2. The SMILES string of the molecule is O=C(CCCOc1cccc(Br)c1)Nc1ccccc1Sc1nncs1. The summed E-state index contributed by atoms with van der Waals surface area (Å²) in [5.74, 6) is 0.756. The number of hydrogen-bond donors (Lipinski definition) is 1. The van der Waals surface area contributed by atoms with Gasteiger partial charge in [0.05, 0.1) is 12.3 Å². The molecular formula is C18H16BrN3O2S2. The van der Waals surface area contributed by atoms with Crippen molar-refractivity contribution in [1.82, 2.24) is 10.2 Å². The standard InChI is InChI=1S/C18H16BrN3O2S2/c19-13-5-3-6-14(11-13)24-10-4-9-17(23)21-15-7-1-2-8-16(15)26-18-22-20-12-25-18/h1-3,5-8,11-12H,4,9-10H2,(H,21,23). The quantitative estimate of drug-likeness (QED) is 0.475. The zero-order valence-corrected chi connectivity index (χ0v) is 16.9. The number of halogens is 1. The molecule has 0 saturated carbocycles. The lowest BCUT2D eigenvalue weighted by Gasteiger charge is -2.10. The van der Waals surface area contributed by atoms with Crippen LogP contribution in [0.2, 0.25) is 0 Å². The van der Waals surface area contributed by atoms with E-state index in [1.54, 1.807) is 5.51 Å². The van der Waals surface area contributed by atoms with Crippen molar-refractivity contribution in [1.29, 1.82) is 0 Å². The van der Waals surface area contributed by atoms with Crippen LogP contribution in [-0.4, -0.2) is 22.7 Å². The molecule has 1 aromatic heterocycles. The zero-order valence-electron chi connectivity index (χ0n) is 13.7. The van der Waals surface area contributed by atoms with Crippen LogP contribution in [0.25, 0.3) is 0 Å². The maximum atomic E-state index is 12.2. The third kappa shape index (κ3) is 5.82. The van der Waals surface area contributed by atoms with Crippen LogP contribution in [0.1, 0.15) is 12.8 Å². The molecule has 0 radical (unpaired) electrons. The van der Waals surface area contributed by atoms with E-state index in [0.717, 1.165) is 25.1 Å². The monoisotopic (exact) mass is 449 g/mol. The molecule has 0 aliphatic carbocycles. The van der Waals surface area contributed by atoms with Gasteiger partial charge >= 0.3 is 0 Å². The van der Waals surface area contributed by atoms with Gasteiger partial charge in [-0.1, -0.05) is 57.2 Å². The molecule has 0 atom stereocenters. The van der Waals surface area contributed by atoms with E-state index in [-0.39, 0.29) is 5.91 Å². The Morgan fingerprint density at radius 3 is 2.92 bits per heavy atom. The average Bonchev–Trinajstić information content (AvgIpc) is 3.14. The van der Waals surface area contributed by atoms with Gasteiger partial charge < -0.3 is 10.1 Å². The van der Waals surface area contributed by atoms with Crippen molar-refractivity contribution in [2.75, 3.05) is 11.9 Å². The Morgan fingerprint density at radius 1 is 1.23 bits per heavy atom. The molecule has 0 aliphatic heterocycles. The summed E-state index contributed by atoms with van der Waals surface area (Å²) in [6, 6.07) is 15.3. The lowest BCUT2D eigenvalue weighted by atomic mass is 10.2. The van der Waals surface area contributed by atoms with Crippen molar-refractivity contribution >= 4 is 50.6 Å². The summed E-state index contributed by atoms with van der Waals surface area (Å²) in [5, 5.41) is 10.8. The van der Waals surface area contributed by atoms with Gasteiger partial charge in [-0.25, -0.2) is 0 Å². The zero-order chi connectivity index (χ0) is 18.2. The summed E-state index contributed by atoms with van der Waals surface area (Å²) in [4.78, 5) is 13.2. The van der Waals surface area contributed by atoms with Crippen molar-refractivity contribution in [3.8, 4) is 5.75 Å². The Labute approximate surface area is 168 Å². The van der Waals surface area contributed by atoms with E-state index in [9.17, 15) is 4.79 Å². The molecule has 26 heavy (non-hydrogen) atoms. The number of aromatic nitrogens is 2. The molecule has 1 N–H and O–H groups in total. The minimum Gasteiger partial charge on any atom is -0.494 e. The smallest absolute Gasteiger partial charge is 0.224 e. The largest absolute Gasteiger partial charge is 0.494 e. The fourth-order valence-electron chi connectivity index (χ4n) is 2.15. The van der Waals surface area contributed by atoms with E-state index in [0.29, 0.717) is 19.4 Å². The number of rotatable bonds is 8. The van der Waals surface area contributed by atoms with Crippen LogP contribution in [0.3, 0.4) is 0 Å². The lowest BCUT2D eigenvalue weighted by Crippen LogP contribution is -2.13. The third-order valence-electron chi connectivity index (χ3n) is 3.31. The van der Waals surface area contributed by atoms with Gasteiger partial charge in [0.15, 0.2) is 4.34 Å². The normalized spacial score (nSPS) is 10.5. The Bertz CT molecular complexity index is 859. The topological polar surface area (TPSA) is 64.1 Å². The van der Waals surface area contributed by atoms with E-state index >= 15 is 0 Å². The number of carbonyl (C=O) groups excluding carboxylic acids is 1. The van der Waals surface area contributed by atoms with Crippen molar-refractivity contribution in [3.63, 3.8) is 0 Å². The average molecular weight is 450 g/mol. The van der Waals surface area contributed by atoms with Gasteiger partial charge in [0.1, 0.15) is 11.3 Å². The second-order valence-corrected chi connectivity index (χ2v) is 8.30. The highest BCUT2D eigenvalue weighted by Gasteiger charge is 2.09. The van der Waals surface area contributed by atoms with Crippen molar-refractivity contribution in [3.05, 3.63) is 58.5 Å². The number of para-hydroxylation sites is 1. The summed E-state index contributed by atoms with van der Waals surface area (Å²) in [5.41, 5.74) is 2.47. The van der Waals surface area contributed by atoms with Crippen LogP contribution in [0, 0.1) is 0 Å². The number of amides is 1. The maximum Gasteiger partial charge on any atom is 0.224 e. The van der Waals surface area contributed by atoms with Gasteiger partial charge in [-0.3, -0.25) is 4.79 Å². The van der Waals surface area contributed by atoms with Crippen molar-refractivity contribution in [2.45, 2.75) is 22.1 Å². The number of anilines is 1. The van der Waals surface area contributed by atoms with E-state index in [4.69, 9.17) is 4.74 Å². The summed E-state index contributed by atoms with van der Waals surface area (Å²) in [6.45, 7) is 0.491. The third-order valence-corrected chi connectivity index (χ3v) is 5.66. The number of ether oxygens (including phenoxy) is 1. The first-order chi connectivity index (χ1) is 12.7. The first-order valence-electron chi connectivity index (χ1n) is 7.92. The highest BCUT2D eigenvalue weighted by molar-refractivity contribution is 9.10. The molecule has 134 valence electrons. The second-order valence-electron chi connectivity index (χ2n) is 5.26. The molecule has 0 aliphatic rings. The van der Waals surface area contributed by atoms with E-state index < -0.39 is 0 Å². The van der Waals surface area contributed by atoms with E-state index in [2.05, 4.69) is 31.4 Å². The van der Waals surface area contributed by atoms with Crippen LogP contribution in [0.5, 0.6) is 5.75 Å². The fraction of sp³-hybridized carbons (Fsp3) is 0.167. The highest BCUT2D eigenvalue weighted by Crippen LogP contribution is 2.33. The van der Waals surface area contributed by atoms with Gasteiger partial charge in [0, 0.05) is 15.8 Å². The molecular weight excluding hydrogens is 434 g/mol. The van der Waals surface area contributed by atoms with Crippen molar-refractivity contribution in [2.24, 2.45) is 0 Å². The van der Waals surface area contributed by atoms with Gasteiger partial charge in [0.2, 0.25) is 5.91 Å². The predicted molar refractivity (Wildman–Crippen MR) is 108 cm³/mol. The molecule has 1 amide bonds. The highest BCUT2D eigenvalue weighted by atomic mass is 79.9. The minimum absolute atomic E-state index is 0.0341. The molecule has 0 fully saturated rings. The Morgan fingerprint density at radius 2 is 2.12 bits per heavy atom. The van der Waals surface area contributed by atoms with Crippen LogP contribution in [-0.2, 0) is 4.79 Å². The van der Waals surface area contributed by atoms with Gasteiger partial charge in [-0.2, -0.15) is 0 Å². The fourth-order valence-corrected chi connectivity index (χ4v) is 4.05. The van der Waals surface area contributed by atoms with Crippen molar-refractivity contribution < 1.29 is 9.53 Å². The molecule has 2 aromatic carbocycles. The van der Waals surface area contributed by atoms with Crippen LogP contribution in [0.4, 0.5) is 5.69 Å². The summed E-state index contributed by atoms with van der Waals surface area (Å²) in [6.07, 6.45) is 1.04. The molecule has 0 unspecified atom stereocenters. The Balaban J connectivity index is 1.47.